The van der Waals surface area contributed by atoms with E-state index >= 15 is 0 Å². The van der Waals surface area contributed by atoms with Crippen LogP contribution in [0.25, 0.3) is 0 Å². The lowest BCUT2D eigenvalue weighted by Gasteiger charge is -2.05. The molecule has 2 N–H and O–H groups in total. The third kappa shape index (κ3) is 5.51. The van der Waals surface area contributed by atoms with Crippen molar-refractivity contribution in [3.63, 3.8) is 0 Å². The van der Waals surface area contributed by atoms with Crippen LogP contribution in [0.5, 0.6) is 11.5 Å². The molecule has 0 saturated carbocycles. The highest BCUT2D eigenvalue weighted by Gasteiger charge is 2.06. The second-order valence-electron chi connectivity index (χ2n) is 4.72. The number of ether oxygens (including phenoxy) is 1. The summed E-state index contributed by atoms with van der Waals surface area (Å²) in [6, 6.07) is 10.9. The minimum Gasteiger partial charge on any atom is -0.506 e. The summed E-state index contributed by atoms with van der Waals surface area (Å²) < 4.78 is 6.85. The molecule has 0 aromatic heterocycles. The number of aryl methyl sites for hydroxylation is 1. The molecule has 2 aromatic carbocycles. The number of carbonyl (C=O) groups is 1. The normalized spacial score (nSPS) is 10.7. The Labute approximate surface area is 156 Å². The summed E-state index contributed by atoms with van der Waals surface area (Å²) in [5, 5.41) is 13.7. The zero-order chi connectivity index (χ0) is 16.8. The molecule has 2 aromatic rings. The van der Waals surface area contributed by atoms with Crippen LogP contribution in [0.4, 0.5) is 0 Å². The number of phenolic OH excluding ortho intramolecular Hbond substituents is 1. The molecule has 0 bridgehead atoms. The van der Waals surface area contributed by atoms with E-state index in [9.17, 15) is 9.90 Å². The first-order valence-electron chi connectivity index (χ1n) is 6.65. The van der Waals surface area contributed by atoms with Gasteiger partial charge in [0.2, 0.25) is 0 Å². The average molecular weight is 489 g/mol. The Kier molecular flexibility index (Phi) is 6.40. The Morgan fingerprint density at radius 1 is 1.39 bits per heavy atom. The third-order valence-electron chi connectivity index (χ3n) is 2.84. The summed E-state index contributed by atoms with van der Waals surface area (Å²) in [4.78, 5) is 11.7. The van der Waals surface area contributed by atoms with Gasteiger partial charge in [-0.05, 0) is 53.8 Å². The number of nitrogens with one attached hydrogen (secondary N) is 1. The Hall–Kier alpha value is -1.61. The highest BCUT2D eigenvalue weighted by Crippen LogP contribution is 2.27. The molecule has 1 amide bonds. The van der Waals surface area contributed by atoms with Gasteiger partial charge >= 0.3 is 0 Å². The number of nitrogens with zero attached hydrogens (tertiary/aromatic N) is 1. The number of phenols is 1. The maximum absolute atomic E-state index is 11.7. The van der Waals surface area contributed by atoms with E-state index < -0.39 is 0 Å². The molecule has 0 unspecified atom stereocenters. The van der Waals surface area contributed by atoms with Gasteiger partial charge in [-0.15, -0.1) is 0 Å². The molecule has 0 radical (unpaired) electrons. The number of amides is 1. The van der Waals surface area contributed by atoms with Crippen LogP contribution >= 0.6 is 38.5 Å². The van der Waals surface area contributed by atoms with Gasteiger partial charge in [-0.2, -0.15) is 5.10 Å². The quantitative estimate of drug-likeness (QED) is 0.384. The van der Waals surface area contributed by atoms with Gasteiger partial charge in [0, 0.05) is 10.0 Å². The summed E-state index contributed by atoms with van der Waals surface area (Å²) in [6.45, 7) is 1.84. The van der Waals surface area contributed by atoms with E-state index in [1.54, 1.807) is 24.3 Å². The largest absolute Gasteiger partial charge is 0.506 e. The Balaban J connectivity index is 1.88. The SMILES string of the molecule is Cc1ccc(OCC(=O)N/N=C\c2cc(Br)cc(I)c2O)cc1. The zero-order valence-electron chi connectivity index (χ0n) is 12.2. The molecular weight excluding hydrogens is 475 g/mol. The van der Waals surface area contributed by atoms with Crippen molar-refractivity contribution in [2.45, 2.75) is 6.92 Å². The number of hydrogen-bond donors (Lipinski definition) is 2. The predicted molar refractivity (Wildman–Crippen MR) is 101 cm³/mol. The van der Waals surface area contributed by atoms with Gasteiger partial charge in [0.05, 0.1) is 9.78 Å². The monoisotopic (exact) mass is 488 g/mol. The summed E-state index contributed by atoms with van der Waals surface area (Å²) in [7, 11) is 0. The minimum absolute atomic E-state index is 0.114. The number of aromatic hydroxyl groups is 1. The highest BCUT2D eigenvalue weighted by molar-refractivity contribution is 14.1. The smallest absolute Gasteiger partial charge is 0.277 e. The molecule has 2 rings (SSSR count). The number of rotatable bonds is 5. The summed E-state index contributed by atoms with van der Waals surface area (Å²) in [6.07, 6.45) is 1.38. The van der Waals surface area contributed by atoms with E-state index in [1.165, 1.54) is 6.21 Å². The summed E-state index contributed by atoms with van der Waals surface area (Å²) >= 11 is 5.35. The molecule has 0 aliphatic heterocycles. The molecule has 0 spiro atoms. The first-order chi connectivity index (χ1) is 11.0. The first-order valence-corrected chi connectivity index (χ1v) is 8.52. The molecule has 23 heavy (non-hydrogen) atoms. The lowest BCUT2D eigenvalue weighted by atomic mass is 10.2. The van der Waals surface area contributed by atoms with E-state index in [0.717, 1.165) is 10.0 Å². The van der Waals surface area contributed by atoms with Crippen molar-refractivity contribution < 1.29 is 14.6 Å². The molecule has 5 nitrogen and oxygen atoms in total. The van der Waals surface area contributed by atoms with Gasteiger partial charge in [-0.1, -0.05) is 33.6 Å². The van der Waals surface area contributed by atoms with Crippen molar-refractivity contribution in [2.75, 3.05) is 6.61 Å². The van der Waals surface area contributed by atoms with Crippen LogP contribution in [-0.4, -0.2) is 23.8 Å². The number of carbonyl (C=O) groups excluding carboxylic acids is 1. The lowest BCUT2D eigenvalue weighted by Crippen LogP contribution is -2.24. The van der Waals surface area contributed by atoms with Crippen LogP contribution in [0.2, 0.25) is 0 Å². The van der Waals surface area contributed by atoms with Crippen molar-refractivity contribution in [1.82, 2.24) is 5.43 Å². The lowest BCUT2D eigenvalue weighted by molar-refractivity contribution is -0.123. The maximum atomic E-state index is 11.7. The number of benzene rings is 2. The predicted octanol–water partition coefficient (Wildman–Crippen LogP) is 3.60. The summed E-state index contributed by atoms with van der Waals surface area (Å²) in [5.74, 6) is 0.350. The van der Waals surface area contributed by atoms with E-state index in [4.69, 9.17) is 4.74 Å². The summed E-state index contributed by atoms with van der Waals surface area (Å²) in [5.41, 5.74) is 3.98. The van der Waals surface area contributed by atoms with Crippen LogP contribution in [0.15, 0.2) is 46.0 Å². The fourth-order valence-electron chi connectivity index (χ4n) is 1.67. The van der Waals surface area contributed by atoms with Gasteiger partial charge in [-0.3, -0.25) is 4.79 Å². The molecule has 0 heterocycles. The fourth-order valence-corrected chi connectivity index (χ4v) is 3.22. The van der Waals surface area contributed by atoms with Crippen molar-refractivity contribution in [3.05, 3.63) is 55.6 Å². The second kappa shape index (κ2) is 8.30. The highest BCUT2D eigenvalue weighted by atomic mass is 127. The first kappa shape index (κ1) is 17.7. The molecule has 0 fully saturated rings. The third-order valence-corrected chi connectivity index (χ3v) is 4.12. The minimum atomic E-state index is -0.383. The van der Waals surface area contributed by atoms with Crippen LogP contribution in [0.3, 0.4) is 0 Å². The topological polar surface area (TPSA) is 70.9 Å². The number of halogens is 2. The van der Waals surface area contributed by atoms with Gasteiger partial charge in [-0.25, -0.2) is 5.43 Å². The van der Waals surface area contributed by atoms with E-state index in [2.05, 4.69) is 26.5 Å². The Morgan fingerprint density at radius 2 is 2.09 bits per heavy atom. The molecular formula is C16H14BrIN2O3. The van der Waals surface area contributed by atoms with E-state index in [1.807, 2.05) is 41.6 Å². The Morgan fingerprint density at radius 3 is 2.78 bits per heavy atom. The second-order valence-corrected chi connectivity index (χ2v) is 6.80. The molecule has 0 saturated heterocycles. The van der Waals surface area contributed by atoms with Crippen molar-refractivity contribution in [2.24, 2.45) is 5.10 Å². The van der Waals surface area contributed by atoms with Crippen LogP contribution in [-0.2, 0) is 4.79 Å². The van der Waals surface area contributed by atoms with Gasteiger partial charge in [0.25, 0.3) is 5.91 Å². The standard InChI is InChI=1S/C16H14BrIN2O3/c1-10-2-4-13(5-3-10)23-9-15(21)20-19-8-11-6-12(17)7-14(18)16(11)22/h2-8,22H,9H2,1H3,(H,20,21)/b19-8-. The Bertz CT molecular complexity index is 733. The number of hydrazone groups is 1. The van der Waals surface area contributed by atoms with E-state index in [0.29, 0.717) is 14.9 Å². The zero-order valence-corrected chi connectivity index (χ0v) is 16.0. The number of hydrogen-bond acceptors (Lipinski definition) is 4. The molecule has 0 aliphatic carbocycles. The maximum Gasteiger partial charge on any atom is 0.277 e. The average Bonchev–Trinajstić information content (AvgIpc) is 2.51. The van der Waals surface area contributed by atoms with Crippen molar-refractivity contribution >= 4 is 50.6 Å². The van der Waals surface area contributed by atoms with Gasteiger partial charge in [0.1, 0.15) is 11.5 Å². The molecule has 0 aliphatic rings. The van der Waals surface area contributed by atoms with Crippen molar-refractivity contribution in [1.29, 1.82) is 0 Å². The van der Waals surface area contributed by atoms with Gasteiger partial charge in [0.15, 0.2) is 6.61 Å². The van der Waals surface area contributed by atoms with Crippen molar-refractivity contribution in [3.8, 4) is 11.5 Å². The fraction of sp³-hybridized carbons (Fsp3) is 0.125. The molecule has 0 atom stereocenters. The van der Waals surface area contributed by atoms with Gasteiger partial charge < -0.3 is 9.84 Å². The van der Waals surface area contributed by atoms with Crippen LogP contribution < -0.4 is 10.2 Å². The van der Waals surface area contributed by atoms with Crippen LogP contribution in [0, 0.1) is 10.5 Å². The molecule has 120 valence electrons. The molecule has 7 heteroatoms. The van der Waals surface area contributed by atoms with E-state index in [-0.39, 0.29) is 18.3 Å². The van der Waals surface area contributed by atoms with Crippen LogP contribution in [0.1, 0.15) is 11.1 Å².